The first-order valence-electron chi connectivity index (χ1n) is 12.8. The third kappa shape index (κ3) is 2.64. The molecule has 6 rings (SSSR count). The number of aromatic hydroxyl groups is 2. The van der Waals surface area contributed by atoms with Gasteiger partial charge in [-0.25, -0.2) is 0 Å². The van der Waals surface area contributed by atoms with Gasteiger partial charge in [-0.05, 0) is 66.0 Å². The van der Waals surface area contributed by atoms with Crippen molar-refractivity contribution < 1.29 is 29.2 Å². The smallest absolute Gasteiger partial charge is 0.220 e. The van der Waals surface area contributed by atoms with Gasteiger partial charge in [0.1, 0.15) is 0 Å². The zero-order valence-corrected chi connectivity index (χ0v) is 21.6. The lowest BCUT2D eigenvalue weighted by atomic mass is 9.51. The monoisotopic (exact) mass is 493 g/mol. The van der Waals surface area contributed by atoms with E-state index in [2.05, 4.69) is 18.7 Å². The molecule has 192 valence electrons. The number of nitrogens with zero attached hydrogens (tertiary/aromatic N) is 1. The molecule has 2 saturated heterocycles. The van der Waals surface area contributed by atoms with Crippen LogP contribution in [0, 0.1) is 22.2 Å². The van der Waals surface area contributed by atoms with Gasteiger partial charge in [0.15, 0.2) is 23.0 Å². The van der Waals surface area contributed by atoms with Crippen LogP contribution in [0.4, 0.5) is 0 Å². The number of ether oxygens (including phenoxy) is 3. The first-order valence-corrected chi connectivity index (χ1v) is 12.8. The quantitative estimate of drug-likeness (QED) is 0.625. The van der Waals surface area contributed by atoms with Crippen LogP contribution in [-0.2, 0) is 9.53 Å². The number of phenolic OH excluding ortho intramolecular Hbond substituents is 2. The summed E-state index contributed by atoms with van der Waals surface area (Å²) in [6.07, 6.45) is 2.62. The van der Waals surface area contributed by atoms with E-state index in [0.717, 1.165) is 30.4 Å². The van der Waals surface area contributed by atoms with Crippen LogP contribution in [0.15, 0.2) is 36.4 Å². The Kier molecular flexibility index (Phi) is 4.92. The van der Waals surface area contributed by atoms with E-state index in [1.54, 1.807) is 33.3 Å². The highest BCUT2D eigenvalue weighted by Gasteiger charge is 2.83. The number of hydrogen-bond acceptors (Lipinski definition) is 6. The van der Waals surface area contributed by atoms with Crippen LogP contribution in [-0.4, -0.2) is 47.9 Å². The van der Waals surface area contributed by atoms with Crippen LogP contribution in [0.1, 0.15) is 63.3 Å². The first-order chi connectivity index (χ1) is 17.1. The number of amides is 1. The van der Waals surface area contributed by atoms with Crippen molar-refractivity contribution in [1.29, 1.82) is 0 Å². The molecule has 2 N–H and O–H groups in total. The van der Waals surface area contributed by atoms with Gasteiger partial charge in [0.25, 0.3) is 0 Å². The molecule has 7 heteroatoms. The van der Waals surface area contributed by atoms with E-state index in [1.807, 2.05) is 24.3 Å². The van der Waals surface area contributed by atoms with Crippen LogP contribution in [0.25, 0.3) is 0 Å². The summed E-state index contributed by atoms with van der Waals surface area (Å²) in [6, 6.07) is 10.8. The molecule has 2 heterocycles. The fourth-order valence-corrected chi connectivity index (χ4v) is 8.97. The molecule has 2 saturated carbocycles. The molecule has 7 nitrogen and oxygen atoms in total. The zero-order valence-electron chi connectivity index (χ0n) is 21.6. The number of carbonyl (C=O) groups excluding carboxylic acids is 1. The number of hydrogen-bond donors (Lipinski definition) is 2. The molecule has 4 aliphatic rings. The SMILES string of the molecule is COc1cc([C@@H]2N(C(C)=O)[C@@H]3C(C)(C)[C@H]4C[C@@]35CCO[C@@H](c3ccc(O)c(OC)c3)[C@@]25C4)ccc1O. The summed E-state index contributed by atoms with van der Waals surface area (Å²) in [5.41, 5.74) is 1.40. The fraction of sp³-hybridized carbons (Fsp3) is 0.552. The zero-order chi connectivity index (χ0) is 25.6. The van der Waals surface area contributed by atoms with Crippen LogP contribution in [0.5, 0.6) is 23.0 Å². The second-order valence-electron chi connectivity index (χ2n) is 11.7. The van der Waals surface area contributed by atoms with Crippen molar-refractivity contribution in [2.45, 2.75) is 58.2 Å². The highest BCUT2D eigenvalue weighted by atomic mass is 16.5. The molecular formula is C29H35NO6. The molecule has 36 heavy (non-hydrogen) atoms. The Labute approximate surface area is 212 Å². The van der Waals surface area contributed by atoms with Crippen LogP contribution >= 0.6 is 0 Å². The lowest BCUT2D eigenvalue weighted by Crippen LogP contribution is -2.55. The third-order valence-corrected chi connectivity index (χ3v) is 10.1. The van der Waals surface area contributed by atoms with Crippen LogP contribution in [0.2, 0.25) is 0 Å². The Bertz CT molecular complexity index is 1240. The molecule has 6 atom stereocenters. The summed E-state index contributed by atoms with van der Waals surface area (Å²) in [5.74, 6) is 1.49. The Morgan fingerprint density at radius 1 is 1.00 bits per heavy atom. The summed E-state index contributed by atoms with van der Waals surface area (Å²) in [4.78, 5) is 15.7. The minimum Gasteiger partial charge on any atom is -0.504 e. The van der Waals surface area contributed by atoms with Gasteiger partial charge in [-0.3, -0.25) is 4.79 Å². The topological polar surface area (TPSA) is 88.5 Å². The average Bonchev–Trinajstić information content (AvgIpc) is 3.39. The minimum absolute atomic E-state index is 0.0283. The van der Waals surface area contributed by atoms with Gasteiger partial charge < -0.3 is 29.3 Å². The van der Waals surface area contributed by atoms with Crippen molar-refractivity contribution >= 4 is 5.91 Å². The molecule has 2 aromatic carbocycles. The van der Waals surface area contributed by atoms with E-state index in [4.69, 9.17) is 14.2 Å². The summed E-state index contributed by atoms with van der Waals surface area (Å²) >= 11 is 0. The van der Waals surface area contributed by atoms with Gasteiger partial charge in [0, 0.05) is 30.4 Å². The number of methoxy groups -OCH3 is 2. The number of likely N-dealkylation sites (tertiary alicyclic amines) is 1. The largest absolute Gasteiger partial charge is 0.504 e. The number of rotatable bonds is 4. The van der Waals surface area contributed by atoms with Gasteiger partial charge in [0.2, 0.25) is 5.91 Å². The second kappa shape index (κ2) is 7.54. The van der Waals surface area contributed by atoms with E-state index in [9.17, 15) is 15.0 Å². The van der Waals surface area contributed by atoms with E-state index in [1.165, 1.54) is 0 Å². The Morgan fingerprint density at radius 3 is 2.22 bits per heavy atom. The molecule has 2 bridgehead atoms. The number of fused-ring (bicyclic) bond motifs is 1. The van der Waals surface area contributed by atoms with Gasteiger partial charge in [-0.2, -0.15) is 0 Å². The molecule has 2 aliphatic heterocycles. The molecule has 4 fully saturated rings. The molecule has 0 radical (unpaired) electrons. The van der Waals surface area contributed by atoms with Crippen LogP contribution < -0.4 is 9.47 Å². The lowest BCUT2D eigenvalue weighted by Gasteiger charge is -2.55. The van der Waals surface area contributed by atoms with Crippen molar-refractivity contribution in [3.63, 3.8) is 0 Å². The molecule has 0 aromatic heterocycles. The van der Waals surface area contributed by atoms with Gasteiger partial charge in [-0.15, -0.1) is 0 Å². The predicted molar refractivity (Wildman–Crippen MR) is 133 cm³/mol. The van der Waals surface area contributed by atoms with Gasteiger partial charge >= 0.3 is 0 Å². The normalized spacial score (nSPS) is 35.5. The van der Waals surface area contributed by atoms with Crippen molar-refractivity contribution in [1.82, 2.24) is 4.90 Å². The molecular weight excluding hydrogens is 458 g/mol. The Morgan fingerprint density at radius 2 is 1.61 bits per heavy atom. The standard InChI is InChI=1S/C29H35NO6/c1-16(31)30-24(17-6-8-20(32)22(12-17)34-4)29-15-19-14-28(29,26(30)27(19,2)3)10-11-36-25(29)18-7-9-21(33)23(13-18)35-5/h6-9,12-13,19,24-26,32-33H,10-11,14-15H2,1-5H3/t19-,24-,25-,26+,28-,29+/m0/s1. The van der Waals surface area contributed by atoms with E-state index >= 15 is 0 Å². The fourth-order valence-electron chi connectivity index (χ4n) is 8.97. The van der Waals surface area contributed by atoms with Crippen molar-refractivity contribution in [3.05, 3.63) is 47.5 Å². The predicted octanol–water partition coefficient (Wildman–Crippen LogP) is 4.97. The van der Waals surface area contributed by atoms with Gasteiger partial charge in [0.05, 0.1) is 26.4 Å². The summed E-state index contributed by atoms with van der Waals surface area (Å²) in [6.45, 7) is 6.94. The molecule has 0 unspecified atom stereocenters. The Balaban J connectivity index is 1.63. The van der Waals surface area contributed by atoms with E-state index in [-0.39, 0.29) is 51.8 Å². The minimum atomic E-state index is -0.369. The van der Waals surface area contributed by atoms with Crippen LogP contribution in [0.3, 0.4) is 0 Å². The molecule has 1 spiro atoms. The second-order valence-corrected chi connectivity index (χ2v) is 11.7. The average molecular weight is 494 g/mol. The number of phenols is 2. The molecule has 1 amide bonds. The maximum Gasteiger partial charge on any atom is 0.220 e. The third-order valence-electron chi connectivity index (χ3n) is 10.1. The number of carbonyl (C=O) groups is 1. The van der Waals surface area contributed by atoms with Gasteiger partial charge in [-0.1, -0.05) is 26.0 Å². The lowest BCUT2D eigenvalue weighted by molar-refractivity contribution is -0.164. The highest BCUT2D eigenvalue weighted by Crippen LogP contribution is 2.85. The first kappa shape index (κ1) is 23.5. The maximum absolute atomic E-state index is 13.5. The van der Waals surface area contributed by atoms with E-state index < -0.39 is 0 Å². The van der Waals surface area contributed by atoms with E-state index in [0.29, 0.717) is 24.0 Å². The van der Waals surface area contributed by atoms with Crippen molar-refractivity contribution in [2.75, 3.05) is 20.8 Å². The maximum atomic E-state index is 13.5. The summed E-state index contributed by atoms with van der Waals surface area (Å²) in [7, 11) is 3.10. The molecule has 2 aliphatic carbocycles. The Hall–Kier alpha value is -2.93. The summed E-state index contributed by atoms with van der Waals surface area (Å²) < 4.78 is 17.6. The summed E-state index contributed by atoms with van der Waals surface area (Å²) in [5, 5.41) is 20.7. The molecule has 2 aromatic rings. The van der Waals surface area contributed by atoms with Crippen molar-refractivity contribution in [2.24, 2.45) is 22.2 Å². The number of benzene rings is 2. The highest BCUT2D eigenvalue weighted by molar-refractivity contribution is 5.76. The van der Waals surface area contributed by atoms with Crippen molar-refractivity contribution in [3.8, 4) is 23.0 Å².